The molecule has 2 N–H and O–H groups in total. The second kappa shape index (κ2) is 6.39. The fraction of sp³-hybridized carbons (Fsp3) is 0.200. The van der Waals surface area contributed by atoms with Gasteiger partial charge in [-0.15, -0.1) is 0 Å². The molecule has 1 heterocycles. The number of likely N-dealkylation sites (N-methyl/N-ethyl adjacent to an activating group) is 1. The molecule has 20 heavy (non-hydrogen) atoms. The first-order valence-electron chi connectivity index (χ1n) is 6.28. The van der Waals surface area contributed by atoms with Crippen molar-refractivity contribution in [2.45, 2.75) is 6.42 Å². The number of nitrogen functional groups attached to an aromatic ring is 1. The number of nitrogens with zero attached hydrogens (tertiary/aromatic N) is 2. The van der Waals surface area contributed by atoms with E-state index in [1.165, 1.54) is 17.8 Å². The number of hydrogen-bond donors (Lipinski definition) is 1. The van der Waals surface area contributed by atoms with E-state index in [4.69, 9.17) is 17.3 Å². The van der Waals surface area contributed by atoms with Crippen molar-refractivity contribution in [3.63, 3.8) is 0 Å². The number of pyridine rings is 1. The Balaban J connectivity index is 2.03. The van der Waals surface area contributed by atoms with E-state index >= 15 is 0 Å². The maximum atomic E-state index is 12.3. The van der Waals surface area contributed by atoms with Crippen molar-refractivity contribution in [2.24, 2.45) is 0 Å². The van der Waals surface area contributed by atoms with E-state index in [9.17, 15) is 4.79 Å². The molecule has 2 aromatic rings. The van der Waals surface area contributed by atoms with Gasteiger partial charge in [0.05, 0.1) is 17.4 Å². The van der Waals surface area contributed by atoms with Crippen LogP contribution in [-0.4, -0.2) is 29.4 Å². The number of carbonyl (C=O) groups excluding carboxylic acids is 1. The van der Waals surface area contributed by atoms with E-state index in [1.807, 2.05) is 30.3 Å². The van der Waals surface area contributed by atoms with E-state index < -0.39 is 0 Å². The molecule has 0 aliphatic rings. The maximum Gasteiger partial charge on any atom is 0.255 e. The summed E-state index contributed by atoms with van der Waals surface area (Å²) in [6.07, 6.45) is 2.20. The summed E-state index contributed by atoms with van der Waals surface area (Å²) in [7, 11) is 1.75. The summed E-state index contributed by atoms with van der Waals surface area (Å²) in [6, 6.07) is 11.5. The lowest BCUT2D eigenvalue weighted by Gasteiger charge is -2.18. The van der Waals surface area contributed by atoms with Gasteiger partial charge >= 0.3 is 0 Å². The Morgan fingerprint density at radius 2 is 2.05 bits per heavy atom. The molecular formula is C15H16ClN3O. The van der Waals surface area contributed by atoms with Crippen LogP contribution in [0.3, 0.4) is 0 Å². The summed E-state index contributed by atoms with van der Waals surface area (Å²) < 4.78 is 0. The molecule has 0 radical (unpaired) electrons. The number of hydrogen-bond acceptors (Lipinski definition) is 3. The number of nitrogens with two attached hydrogens (primary N) is 1. The fourth-order valence-electron chi connectivity index (χ4n) is 1.87. The average Bonchev–Trinajstić information content (AvgIpc) is 2.47. The van der Waals surface area contributed by atoms with Crippen molar-refractivity contribution in [1.29, 1.82) is 0 Å². The summed E-state index contributed by atoms with van der Waals surface area (Å²) in [5.41, 5.74) is 7.68. The molecule has 0 aliphatic carbocycles. The number of rotatable bonds is 4. The molecule has 5 heteroatoms. The normalized spacial score (nSPS) is 10.3. The molecule has 1 amide bonds. The first kappa shape index (κ1) is 14.3. The molecule has 0 unspecified atom stereocenters. The van der Waals surface area contributed by atoms with E-state index in [0.29, 0.717) is 17.8 Å². The van der Waals surface area contributed by atoms with E-state index in [2.05, 4.69) is 4.98 Å². The maximum absolute atomic E-state index is 12.3. The number of carbonyl (C=O) groups is 1. The summed E-state index contributed by atoms with van der Waals surface area (Å²) >= 11 is 5.80. The SMILES string of the molecule is CN(CCc1ccccc1)C(=O)c1cc(Cl)ncc1N. The second-order valence-electron chi connectivity index (χ2n) is 4.56. The smallest absolute Gasteiger partial charge is 0.255 e. The minimum atomic E-state index is -0.150. The quantitative estimate of drug-likeness (QED) is 0.880. The minimum Gasteiger partial charge on any atom is -0.397 e. The monoisotopic (exact) mass is 289 g/mol. The predicted octanol–water partition coefficient (Wildman–Crippen LogP) is 2.63. The van der Waals surface area contributed by atoms with Crippen LogP contribution in [0.2, 0.25) is 5.15 Å². The molecular weight excluding hydrogens is 274 g/mol. The van der Waals surface area contributed by atoms with Crippen LogP contribution in [-0.2, 0) is 6.42 Å². The molecule has 2 rings (SSSR count). The molecule has 0 fully saturated rings. The molecule has 0 spiro atoms. The largest absolute Gasteiger partial charge is 0.397 e. The van der Waals surface area contributed by atoms with Gasteiger partial charge < -0.3 is 10.6 Å². The van der Waals surface area contributed by atoms with Crippen LogP contribution in [0.1, 0.15) is 15.9 Å². The highest BCUT2D eigenvalue weighted by atomic mass is 35.5. The fourth-order valence-corrected chi connectivity index (χ4v) is 2.03. The van der Waals surface area contributed by atoms with Crippen molar-refractivity contribution in [3.8, 4) is 0 Å². The lowest BCUT2D eigenvalue weighted by atomic mass is 10.1. The van der Waals surface area contributed by atoms with Gasteiger partial charge in [0.25, 0.3) is 5.91 Å². The third-order valence-corrected chi connectivity index (χ3v) is 3.26. The summed E-state index contributed by atoms with van der Waals surface area (Å²) in [5, 5.41) is 0.263. The van der Waals surface area contributed by atoms with E-state index in [-0.39, 0.29) is 11.1 Å². The molecule has 1 aromatic carbocycles. The zero-order valence-corrected chi connectivity index (χ0v) is 12.0. The highest BCUT2D eigenvalue weighted by Gasteiger charge is 2.15. The highest BCUT2D eigenvalue weighted by Crippen LogP contribution is 2.16. The Hall–Kier alpha value is -2.07. The van der Waals surface area contributed by atoms with Gasteiger partial charge in [0.2, 0.25) is 0 Å². The van der Waals surface area contributed by atoms with Crippen molar-refractivity contribution in [3.05, 3.63) is 58.9 Å². The van der Waals surface area contributed by atoms with Crippen LogP contribution in [0.25, 0.3) is 0 Å². The average molecular weight is 290 g/mol. The van der Waals surface area contributed by atoms with Crippen LogP contribution >= 0.6 is 11.6 Å². The first-order valence-corrected chi connectivity index (χ1v) is 6.66. The molecule has 0 saturated heterocycles. The van der Waals surface area contributed by atoms with Gasteiger partial charge in [-0.1, -0.05) is 41.9 Å². The van der Waals surface area contributed by atoms with Gasteiger partial charge in [-0.25, -0.2) is 4.98 Å². The van der Waals surface area contributed by atoms with Gasteiger partial charge in [-0.3, -0.25) is 4.79 Å². The molecule has 104 valence electrons. The molecule has 1 aromatic heterocycles. The van der Waals surface area contributed by atoms with Crippen molar-refractivity contribution >= 4 is 23.2 Å². The van der Waals surface area contributed by atoms with Gasteiger partial charge in [0.15, 0.2) is 0 Å². The van der Waals surface area contributed by atoms with Crippen molar-refractivity contribution in [2.75, 3.05) is 19.3 Å². The Morgan fingerprint density at radius 1 is 1.35 bits per heavy atom. The first-order chi connectivity index (χ1) is 9.58. The van der Waals surface area contributed by atoms with Gasteiger partial charge in [0.1, 0.15) is 5.15 Å². The van der Waals surface area contributed by atoms with Crippen LogP contribution in [0.15, 0.2) is 42.6 Å². The van der Waals surface area contributed by atoms with E-state index in [1.54, 1.807) is 11.9 Å². The molecule has 0 bridgehead atoms. The summed E-state index contributed by atoms with van der Waals surface area (Å²) in [4.78, 5) is 17.8. The number of amides is 1. The van der Waals surface area contributed by atoms with Crippen molar-refractivity contribution < 1.29 is 4.79 Å². The standard InChI is InChI=1S/C15H16ClN3O/c1-19(8-7-11-5-3-2-4-6-11)15(20)12-9-14(16)18-10-13(12)17/h2-6,9-10H,7-8,17H2,1H3. The van der Waals surface area contributed by atoms with Crippen LogP contribution in [0.4, 0.5) is 5.69 Å². The second-order valence-corrected chi connectivity index (χ2v) is 4.94. The number of anilines is 1. The van der Waals surface area contributed by atoms with Crippen molar-refractivity contribution in [1.82, 2.24) is 9.88 Å². The van der Waals surface area contributed by atoms with Crippen LogP contribution in [0.5, 0.6) is 0 Å². The third kappa shape index (κ3) is 3.48. The number of aromatic nitrogens is 1. The van der Waals surface area contributed by atoms with Crippen LogP contribution in [0, 0.1) is 0 Å². The highest BCUT2D eigenvalue weighted by molar-refractivity contribution is 6.29. The summed E-state index contributed by atoms with van der Waals surface area (Å²) in [5.74, 6) is -0.150. The molecule has 0 aliphatic heterocycles. The zero-order valence-electron chi connectivity index (χ0n) is 11.2. The number of benzene rings is 1. The minimum absolute atomic E-state index is 0.150. The Kier molecular flexibility index (Phi) is 4.58. The number of halogens is 1. The Labute approximate surface area is 123 Å². The van der Waals surface area contributed by atoms with Gasteiger partial charge in [-0.05, 0) is 18.1 Å². The molecule has 0 atom stereocenters. The van der Waals surface area contributed by atoms with Gasteiger partial charge in [0, 0.05) is 13.6 Å². The Morgan fingerprint density at radius 3 is 2.75 bits per heavy atom. The molecule has 0 saturated carbocycles. The topological polar surface area (TPSA) is 59.2 Å². The predicted molar refractivity (Wildman–Crippen MR) is 80.8 cm³/mol. The van der Waals surface area contributed by atoms with Crippen LogP contribution < -0.4 is 5.73 Å². The van der Waals surface area contributed by atoms with E-state index in [0.717, 1.165) is 6.42 Å². The zero-order chi connectivity index (χ0) is 14.5. The van der Waals surface area contributed by atoms with Gasteiger partial charge in [-0.2, -0.15) is 0 Å². The Bertz CT molecular complexity index is 601. The summed E-state index contributed by atoms with van der Waals surface area (Å²) in [6.45, 7) is 0.613. The third-order valence-electron chi connectivity index (χ3n) is 3.06. The lowest BCUT2D eigenvalue weighted by molar-refractivity contribution is 0.0797. The lowest BCUT2D eigenvalue weighted by Crippen LogP contribution is -2.29. The molecule has 4 nitrogen and oxygen atoms in total.